The molecular weight excluding hydrogens is 242 g/mol. The van der Waals surface area contributed by atoms with E-state index in [9.17, 15) is 0 Å². The topological polar surface area (TPSA) is 39.7 Å². The van der Waals surface area contributed by atoms with Crippen molar-refractivity contribution in [2.45, 2.75) is 32.2 Å². The minimum atomic E-state index is 0.114. The average Bonchev–Trinajstić information content (AvgIpc) is 2.82. The standard InChI is InChI=1S/C15H19NO3/c1-11-14-7-13(18-10-15(14)16-19-11)9-17-8-12-5-3-2-4-6-12/h2-6,10-11,13-14,16H,7-9H2,1H3/t11-,13+,14-/m0/s1. The number of rotatable bonds is 4. The van der Waals surface area contributed by atoms with E-state index in [1.54, 1.807) is 6.26 Å². The third-order valence-electron chi connectivity index (χ3n) is 3.65. The Morgan fingerprint density at radius 3 is 3.00 bits per heavy atom. The molecule has 4 heteroatoms. The van der Waals surface area contributed by atoms with Gasteiger partial charge in [-0.15, -0.1) is 0 Å². The quantitative estimate of drug-likeness (QED) is 0.903. The zero-order chi connectivity index (χ0) is 13.1. The summed E-state index contributed by atoms with van der Waals surface area (Å²) in [5, 5.41) is 0. The summed E-state index contributed by atoms with van der Waals surface area (Å²) in [4.78, 5) is 5.38. The highest BCUT2D eigenvalue weighted by Gasteiger charge is 2.35. The molecule has 0 bridgehead atoms. The van der Waals surface area contributed by atoms with Gasteiger partial charge >= 0.3 is 0 Å². The first kappa shape index (κ1) is 12.5. The number of fused-ring (bicyclic) bond motifs is 1. The average molecular weight is 261 g/mol. The zero-order valence-corrected chi connectivity index (χ0v) is 11.0. The van der Waals surface area contributed by atoms with Crippen LogP contribution in [0.1, 0.15) is 18.9 Å². The highest BCUT2D eigenvalue weighted by atomic mass is 16.7. The van der Waals surface area contributed by atoms with Crippen LogP contribution in [0.5, 0.6) is 0 Å². The van der Waals surface area contributed by atoms with Crippen molar-refractivity contribution in [3.05, 3.63) is 47.9 Å². The first-order valence-electron chi connectivity index (χ1n) is 6.72. The van der Waals surface area contributed by atoms with Crippen LogP contribution in [0.15, 0.2) is 42.3 Å². The van der Waals surface area contributed by atoms with E-state index < -0.39 is 0 Å². The third-order valence-corrected chi connectivity index (χ3v) is 3.65. The molecule has 0 aliphatic carbocycles. The summed E-state index contributed by atoms with van der Waals surface area (Å²) >= 11 is 0. The van der Waals surface area contributed by atoms with Gasteiger partial charge in [-0.2, -0.15) is 0 Å². The molecule has 0 aromatic heterocycles. The normalized spacial score (nSPS) is 29.1. The number of hydrogen-bond acceptors (Lipinski definition) is 4. The van der Waals surface area contributed by atoms with Crippen molar-refractivity contribution in [1.29, 1.82) is 0 Å². The molecule has 0 amide bonds. The molecular formula is C15H19NO3. The molecule has 1 aromatic rings. The molecule has 1 fully saturated rings. The second-order valence-electron chi connectivity index (χ2n) is 5.10. The maximum atomic E-state index is 5.73. The fraction of sp³-hybridized carbons (Fsp3) is 0.467. The summed E-state index contributed by atoms with van der Waals surface area (Å²) in [6.07, 6.45) is 3.03. The Labute approximate surface area is 113 Å². The molecule has 0 radical (unpaired) electrons. The van der Waals surface area contributed by atoms with Crippen molar-refractivity contribution in [2.75, 3.05) is 6.61 Å². The van der Waals surface area contributed by atoms with Gasteiger partial charge in [0.1, 0.15) is 12.4 Å². The summed E-state index contributed by atoms with van der Waals surface area (Å²) in [6, 6.07) is 10.2. The predicted molar refractivity (Wildman–Crippen MR) is 70.8 cm³/mol. The van der Waals surface area contributed by atoms with Crippen molar-refractivity contribution in [1.82, 2.24) is 5.48 Å². The summed E-state index contributed by atoms with van der Waals surface area (Å²) in [6.45, 7) is 3.32. The summed E-state index contributed by atoms with van der Waals surface area (Å²) in [7, 11) is 0. The van der Waals surface area contributed by atoms with Gasteiger partial charge in [0.2, 0.25) is 0 Å². The second-order valence-corrected chi connectivity index (χ2v) is 5.10. The smallest absolute Gasteiger partial charge is 0.122 e. The van der Waals surface area contributed by atoms with Crippen LogP contribution >= 0.6 is 0 Å². The van der Waals surface area contributed by atoms with E-state index in [2.05, 4.69) is 24.5 Å². The molecule has 2 aliphatic heterocycles. The maximum Gasteiger partial charge on any atom is 0.122 e. The van der Waals surface area contributed by atoms with Gasteiger partial charge in [-0.25, -0.2) is 0 Å². The summed E-state index contributed by atoms with van der Waals surface area (Å²) in [5.41, 5.74) is 5.14. The molecule has 0 spiro atoms. The minimum Gasteiger partial charge on any atom is -0.494 e. The molecule has 19 heavy (non-hydrogen) atoms. The van der Waals surface area contributed by atoms with Crippen LogP contribution in [0, 0.1) is 5.92 Å². The molecule has 1 aromatic carbocycles. The van der Waals surface area contributed by atoms with Crippen LogP contribution in [-0.2, 0) is 20.9 Å². The SMILES string of the molecule is C[C@@H]1ONC2=CO[C@@H](COCc3ccccc3)C[C@H]21. The Balaban J connectivity index is 1.47. The zero-order valence-electron chi connectivity index (χ0n) is 11.0. The van der Waals surface area contributed by atoms with Gasteiger partial charge in [0.25, 0.3) is 0 Å². The summed E-state index contributed by atoms with van der Waals surface area (Å²) < 4.78 is 11.4. The molecule has 1 saturated heterocycles. The Morgan fingerprint density at radius 2 is 2.16 bits per heavy atom. The number of hydroxylamine groups is 1. The van der Waals surface area contributed by atoms with Crippen LogP contribution in [0.2, 0.25) is 0 Å². The number of ether oxygens (including phenoxy) is 2. The lowest BCUT2D eigenvalue weighted by molar-refractivity contribution is -0.00716. The van der Waals surface area contributed by atoms with Crippen LogP contribution in [-0.4, -0.2) is 18.8 Å². The van der Waals surface area contributed by atoms with Crippen molar-refractivity contribution in [3.8, 4) is 0 Å². The van der Waals surface area contributed by atoms with Crippen LogP contribution in [0.3, 0.4) is 0 Å². The van der Waals surface area contributed by atoms with Crippen LogP contribution < -0.4 is 5.48 Å². The molecule has 3 atom stereocenters. The molecule has 102 valence electrons. The van der Waals surface area contributed by atoms with Gasteiger partial charge in [0.05, 0.1) is 25.0 Å². The van der Waals surface area contributed by atoms with Crippen molar-refractivity contribution in [2.24, 2.45) is 5.92 Å². The molecule has 1 N–H and O–H groups in total. The summed E-state index contributed by atoms with van der Waals surface area (Å²) in [5.74, 6) is 0.402. The van der Waals surface area contributed by atoms with E-state index in [1.165, 1.54) is 5.56 Å². The van der Waals surface area contributed by atoms with Gasteiger partial charge in [-0.05, 0) is 18.9 Å². The lowest BCUT2D eigenvalue weighted by atomic mass is 9.93. The number of nitrogens with one attached hydrogen (secondary N) is 1. The molecule has 2 heterocycles. The first-order chi connectivity index (χ1) is 9.33. The van der Waals surface area contributed by atoms with Crippen molar-refractivity contribution < 1.29 is 14.3 Å². The van der Waals surface area contributed by atoms with Crippen LogP contribution in [0.25, 0.3) is 0 Å². The lowest BCUT2D eigenvalue weighted by Crippen LogP contribution is -2.29. The van der Waals surface area contributed by atoms with Gasteiger partial charge < -0.3 is 9.47 Å². The van der Waals surface area contributed by atoms with Gasteiger partial charge in [-0.3, -0.25) is 10.3 Å². The number of benzene rings is 1. The van der Waals surface area contributed by atoms with E-state index >= 15 is 0 Å². The van der Waals surface area contributed by atoms with Crippen molar-refractivity contribution >= 4 is 0 Å². The predicted octanol–water partition coefficient (Wildman–Crippen LogP) is 2.37. The molecule has 0 unspecified atom stereocenters. The maximum absolute atomic E-state index is 5.73. The van der Waals surface area contributed by atoms with E-state index in [1.807, 2.05) is 18.2 Å². The molecule has 2 aliphatic rings. The van der Waals surface area contributed by atoms with Crippen LogP contribution in [0.4, 0.5) is 0 Å². The first-order valence-corrected chi connectivity index (χ1v) is 6.72. The molecule has 0 saturated carbocycles. The minimum absolute atomic E-state index is 0.114. The fourth-order valence-corrected chi connectivity index (χ4v) is 2.50. The van der Waals surface area contributed by atoms with Crippen molar-refractivity contribution in [3.63, 3.8) is 0 Å². The van der Waals surface area contributed by atoms with E-state index in [0.29, 0.717) is 19.1 Å². The highest BCUT2D eigenvalue weighted by Crippen LogP contribution is 2.31. The Hall–Kier alpha value is -1.52. The molecule has 3 rings (SSSR count). The number of hydrogen-bond donors (Lipinski definition) is 1. The van der Waals surface area contributed by atoms with E-state index in [4.69, 9.17) is 14.3 Å². The van der Waals surface area contributed by atoms with Gasteiger partial charge in [-0.1, -0.05) is 30.3 Å². The van der Waals surface area contributed by atoms with E-state index in [-0.39, 0.29) is 12.2 Å². The highest BCUT2D eigenvalue weighted by molar-refractivity contribution is 5.13. The Bertz CT molecular complexity index is 446. The Kier molecular flexibility index (Phi) is 3.71. The Morgan fingerprint density at radius 1 is 1.32 bits per heavy atom. The third kappa shape index (κ3) is 2.91. The molecule has 4 nitrogen and oxygen atoms in total. The lowest BCUT2D eigenvalue weighted by Gasteiger charge is -2.26. The van der Waals surface area contributed by atoms with E-state index in [0.717, 1.165) is 12.1 Å². The monoisotopic (exact) mass is 261 g/mol. The second kappa shape index (κ2) is 5.63. The van der Waals surface area contributed by atoms with Gasteiger partial charge in [0, 0.05) is 5.92 Å². The van der Waals surface area contributed by atoms with Gasteiger partial charge in [0.15, 0.2) is 0 Å². The fourth-order valence-electron chi connectivity index (χ4n) is 2.50. The largest absolute Gasteiger partial charge is 0.494 e.